The predicted molar refractivity (Wildman–Crippen MR) is 132 cm³/mol. The summed E-state index contributed by atoms with van der Waals surface area (Å²) in [6.45, 7) is 8.70. The first-order valence-electron chi connectivity index (χ1n) is 11.9. The first-order chi connectivity index (χ1) is 16.1. The summed E-state index contributed by atoms with van der Waals surface area (Å²) >= 11 is 0. The Bertz CT molecular complexity index is 1020. The number of rotatable bonds is 6. The highest BCUT2D eigenvalue weighted by atomic mass is 16.6. The van der Waals surface area contributed by atoms with Crippen molar-refractivity contribution in [2.75, 3.05) is 32.0 Å². The number of aromatic nitrogens is 1. The van der Waals surface area contributed by atoms with Crippen LogP contribution in [-0.4, -0.2) is 64.6 Å². The number of amides is 3. The maximum absolute atomic E-state index is 13.2. The molecule has 0 atom stereocenters. The Hall–Kier alpha value is -3.29. The molecular weight excluding hydrogens is 432 g/mol. The van der Waals surface area contributed by atoms with E-state index in [9.17, 15) is 14.4 Å². The second-order valence-corrected chi connectivity index (χ2v) is 9.72. The van der Waals surface area contributed by atoms with Crippen molar-refractivity contribution in [2.24, 2.45) is 0 Å². The molecule has 1 aromatic heterocycles. The number of anilines is 1. The molecule has 1 N–H and O–H groups in total. The van der Waals surface area contributed by atoms with E-state index >= 15 is 0 Å². The van der Waals surface area contributed by atoms with E-state index in [-0.39, 0.29) is 30.5 Å². The molecule has 0 aliphatic carbocycles. The van der Waals surface area contributed by atoms with E-state index in [4.69, 9.17) is 4.74 Å². The number of para-hydroxylation sites is 1. The lowest BCUT2D eigenvalue weighted by Gasteiger charge is -2.34. The Morgan fingerprint density at radius 1 is 1.09 bits per heavy atom. The number of likely N-dealkylation sites (tertiary alicyclic amines) is 1. The highest BCUT2D eigenvalue weighted by molar-refractivity contribution is 5.98. The number of benzene rings is 1. The summed E-state index contributed by atoms with van der Waals surface area (Å²) in [5.74, 6) is -0.445. The van der Waals surface area contributed by atoms with Crippen molar-refractivity contribution in [3.63, 3.8) is 0 Å². The van der Waals surface area contributed by atoms with Gasteiger partial charge in [0.2, 0.25) is 5.91 Å². The zero-order valence-corrected chi connectivity index (χ0v) is 20.8. The molecule has 3 rings (SSSR count). The zero-order valence-electron chi connectivity index (χ0n) is 20.8. The van der Waals surface area contributed by atoms with Gasteiger partial charge in [0.25, 0.3) is 5.91 Å². The van der Waals surface area contributed by atoms with Gasteiger partial charge in [0.15, 0.2) is 0 Å². The standard InChI is InChI=1S/C26H36N4O4/c1-6-19-10-7-8-11-21(19)27-23(31)18-28(5)24(32)22-12-9-15-30(22)20-13-16-29(17-14-20)25(33)34-26(2,3)4/h7-12,15,20H,6,13-14,16-18H2,1-5H3,(H,27,31). The molecule has 0 radical (unpaired) electrons. The lowest BCUT2D eigenvalue weighted by atomic mass is 10.0. The van der Waals surface area contributed by atoms with Crippen molar-refractivity contribution in [1.82, 2.24) is 14.4 Å². The predicted octanol–water partition coefficient (Wildman–Crippen LogP) is 4.33. The lowest BCUT2D eigenvalue weighted by Crippen LogP contribution is -2.42. The quantitative estimate of drug-likeness (QED) is 0.684. The van der Waals surface area contributed by atoms with Gasteiger partial charge in [0, 0.05) is 38.1 Å². The van der Waals surface area contributed by atoms with Gasteiger partial charge in [-0.1, -0.05) is 25.1 Å². The molecule has 8 nitrogen and oxygen atoms in total. The molecule has 34 heavy (non-hydrogen) atoms. The molecule has 2 heterocycles. The number of aryl methyl sites for hydroxylation is 1. The minimum Gasteiger partial charge on any atom is -0.444 e. The average molecular weight is 469 g/mol. The van der Waals surface area contributed by atoms with E-state index in [1.807, 2.05) is 68.8 Å². The molecule has 2 aromatic rings. The largest absolute Gasteiger partial charge is 0.444 e. The third-order valence-electron chi connectivity index (χ3n) is 5.91. The van der Waals surface area contributed by atoms with Gasteiger partial charge in [0.05, 0.1) is 6.54 Å². The summed E-state index contributed by atoms with van der Waals surface area (Å²) in [5, 5.41) is 2.91. The van der Waals surface area contributed by atoms with Crippen LogP contribution < -0.4 is 5.32 Å². The van der Waals surface area contributed by atoms with Crippen molar-refractivity contribution in [3.8, 4) is 0 Å². The van der Waals surface area contributed by atoms with Crippen LogP contribution in [0, 0.1) is 0 Å². The summed E-state index contributed by atoms with van der Waals surface area (Å²) < 4.78 is 7.44. The average Bonchev–Trinajstić information content (AvgIpc) is 3.27. The minimum atomic E-state index is -0.524. The van der Waals surface area contributed by atoms with Gasteiger partial charge < -0.3 is 24.4 Å². The van der Waals surface area contributed by atoms with Gasteiger partial charge in [-0.05, 0) is 63.8 Å². The van der Waals surface area contributed by atoms with Gasteiger partial charge in [-0.25, -0.2) is 4.79 Å². The van der Waals surface area contributed by atoms with Crippen LogP contribution in [0.15, 0.2) is 42.6 Å². The second kappa shape index (κ2) is 10.8. The summed E-state index contributed by atoms with van der Waals surface area (Å²) in [6, 6.07) is 11.4. The van der Waals surface area contributed by atoms with E-state index in [1.54, 1.807) is 18.0 Å². The Kier molecular flexibility index (Phi) is 8.02. The number of nitrogens with one attached hydrogen (secondary N) is 1. The molecule has 3 amide bonds. The van der Waals surface area contributed by atoms with Crippen molar-refractivity contribution in [1.29, 1.82) is 0 Å². The van der Waals surface area contributed by atoms with E-state index < -0.39 is 5.60 Å². The number of likely N-dealkylation sites (N-methyl/N-ethyl adjacent to an activating group) is 1. The Morgan fingerprint density at radius 2 is 1.76 bits per heavy atom. The van der Waals surface area contributed by atoms with Gasteiger partial charge >= 0.3 is 6.09 Å². The molecular formula is C26H36N4O4. The van der Waals surface area contributed by atoms with Crippen molar-refractivity contribution in [2.45, 2.75) is 58.6 Å². The number of carbonyl (C=O) groups is 3. The van der Waals surface area contributed by atoms with Crippen LogP contribution in [0.1, 0.15) is 62.6 Å². The van der Waals surface area contributed by atoms with Gasteiger partial charge in [-0.3, -0.25) is 9.59 Å². The number of hydrogen-bond donors (Lipinski definition) is 1. The molecule has 184 valence electrons. The number of carbonyl (C=O) groups excluding carboxylic acids is 3. The summed E-state index contributed by atoms with van der Waals surface area (Å²) in [5.41, 5.74) is 1.84. The highest BCUT2D eigenvalue weighted by Gasteiger charge is 2.29. The molecule has 8 heteroatoms. The fourth-order valence-corrected chi connectivity index (χ4v) is 4.17. The topological polar surface area (TPSA) is 83.9 Å². The lowest BCUT2D eigenvalue weighted by molar-refractivity contribution is -0.116. The SMILES string of the molecule is CCc1ccccc1NC(=O)CN(C)C(=O)c1cccn1C1CCN(C(=O)OC(C)(C)C)CC1. The highest BCUT2D eigenvalue weighted by Crippen LogP contribution is 2.26. The first kappa shape index (κ1) is 25.3. The van der Waals surface area contributed by atoms with Crippen LogP contribution in [0.5, 0.6) is 0 Å². The van der Waals surface area contributed by atoms with Crippen LogP contribution >= 0.6 is 0 Å². The first-order valence-corrected chi connectivity index (χ1v) is 11.9. The molecule has 0 saturated carbocycles. The number of nitrogens with zero attached hydrogens (tertiary/aromatic N) is 3. The number of piperidine rings is 1. The van der Waals surface area contributed by atoms with Gasteiger partial charge in [-0.15, -0.1) is 0 Å². The molecule has 0 bridgehead atoms. The van der Waals surface area contributed by atoms with E-state index in [2.05, 4.69) is 5.32 Å². The molecule has 0 spiro atoms. The van der Waals surface area contributed by atoms with Gasteiger partial charge in [0.1, 0.15) is 11.3 Å². The van der Waals surface area contributed by atoms with Crippen LogP contribution in [0.25, 0.3) is 0 Å². The van der Waals surface area contributed by atoms with Crippen LogP contribution in [0.2, 0.25) is 0 Å². The monoisotopic (exact) mass is 468 g/mol. The van der Waals surface area contributed by atoms with Crippen molar-refractivity contribution < 1.29 is 19.1 Å². The van der Waals surface area contributed by atoms with Crippen molar-refractivity contribution >= 4 is 23.6 Å². The summed E-state index contributed by atoms with van der Waals surface area (Å²) in [6.07, 6.45) is 3.86. The molecule has 1 aliphatic heterocycles. The Balaban J connectivity index is 1.59. The third kappa shape index (κ3) is 6.40. The Labute approximate surface area is 201 Å². The summed E-state index contributed by atoms with van der Waals surface area (Å²) in [4.78, 5) is 41.2. The van der Waals surface area contributed by atoms with Crippen LogP contribution in [-0.2, 0) is 16.0 Å². The number of hydrogen-bond acceptors (Lipinski definition) is 4. The van der Waals surface area contributed by atoms with E-state index in [0.29, 0.717) is 18.8 Å². The van der Waals surface area contributed by atoms with Crippen LogP contribution in [0.4, 0.5) is 10.5 Å². The number of ether oxygens (including phenoxy) is 1. The zero-order chi connectivity index (χ0) is 24.9. The fraction of sp³-hybridized carbons (Fsp3) is 0.500. The molecule has 0 unspecified atom stereocenters. The smallest absolute Gasteiger partial charge is 0.410 e. The van der Waals surface area contributed by atoms with E-state index in [1.165, 1.54) is 4.90 Å². The molecule has 1 saturated heterocycles. The molecule has 1 aromatic carbocycles. The maximum Gasteiger partial charge on any atom is 0.410 e. The molecule has 1 aliphatic rings. The normalized spacial score (nSPS) is 14.6. The fourth-order valence-electron chi connectivity index (χ4n) is 4.17. The van der Waals surface area contributed by atoms with Crippen LogP contribution in [0.3, 0.4) is 0 Å². The second-order valence-electron chi connectivity index (χ2n) is 9.72. The van der Waals surface area contributed by atoms with Gasteiger partial charge in [-0.2, -0.15) is 0 Å². The Morgan fingerprint density at radius 3 is 2.41 bits per heavy atom. The molecule has 1 fully saturated rings. The minimum absolute atomic E-state index is 0.0425. The maximum atomic E-state index is 13.2. The van der Waals surface area contributed by atoms with Crippen molar-refractivity contribution in [3.05, 3.63) is 53.9 Å². The third-order valence-corrected chi connectivity index (χ3v) is 5.91. The summed E-state index contributed by atoms with van der Waals surface area (Å²) in [7, 11) is 1.64. The van der Waals surface area contributed by atoms with E-state index in [0.717, 1.165) is 30.5 Å².